The van der Waals surface area contributed by atoms with Crippen molar-refractivity contribution in [2.45, 2.75) is 6.10 Å². The van der Waals surface area contributed by atoms with Gasteiger partial charge in [-0.15, -0.1) is 22.7 Å². The van der Waals surface area contributed by atoms with Gasteiger partial charge in [0.05, 0.1) is 3.79 Å². The second-order valence-electron chi connectivity index (χ2n) is 3.73. The van der Waals surface area contributed by atoms with E-state index in [1.54, 1.807) is 22.7 Å². The molecule has 1 atom stereocenters. The monoisotopic (exact) mass is 324 g/mol. The lowest BCUT2D eigenvalue weighted by molar-refractivity contribution is 0.226. The maximum atomic E-state index is 10.4. The van der Waals surface area contributed by atoms with Gasteiger partial charge in [-0.3, -0.25) is 0 Å². The molecule has 17 heavy (non-hydrogen) atoms. The molecule has 0 radical (unpaired) electrons. The van der Waals surface area contributed by atoms with Crippen molar-refractivity contribution in [3.05, 3.63) is 56.0 Å². The topological polar surface area (TPSA) is 20.2 Å². The Morgan fingerprint density at radius 1 is 1.12 bits per heavy atom. The summed E-state index contributed by atoms with van der Waals surface area (Å²) in [5, 5.41) is 13.7. The first kappa shape index (κ1) is 11.4. The van der Waals surface area contributed by atoms with Gasteiger partial charge in [-0.2, -0.15) is 0 Å². The summed E-state index contributed by atoms with van der Waals surface area (Å²) in [6.07, 6.45) is -0.534. The lowest BCUT2D eigenvalue weighted by atomic mass is 10.1. The van der Waals surface area contributed by atoms with E-state index in [9.17, 15) is 5.11 Å². The average Bonchev–Trinajstić information content (AvgIpc) is 2.95. The number of fused-ring (bicyclic) bond motifs is 1. The van der Waals surface area contributed by atoms with E-state index in [0.29, 0.717) is 0 Å². The summed E-state index contributed by atoms with van der Waals surface area (Å²) in [4.78, 5) is 0.970. The fourth-order valence-corrected chi connectivity index (χ4v) is 4.23. The Morgan fingerprint density at radius 3 is 2.76 bits per heavy atom. The molecule has 0 aliphatic rings. The zero-order valence-electron chi connectivity index (χ0n) is 8.76. The maximum absolute atomic E-state index is 10.4. The number of rotatable bonds is 2. The second-order valence-corrected chi connectivity index (χ2v) is 7.14. The summed E-state index contributed by atoms with van der Waals surface area (Å²) in [6, 6.07) is 12.1. The van der Waals surface area contributed by atoms with Crippen LogP contribution in [0.15, 0.2) is 45.6 Å². The number of aliphatic hydroxyl groups excluding tert-OH is 1. The number of hydrogen-bond donors (Lipinski definition) is 1. The van der Waals surface area contributed by atoms with Crippen LogP contribution in [0, 0.1) is 0 Å². The third-order valence-corrected chi connectivity index (χ3v) is 5.32. The van der Waals surface area contributed by atoms with Gasteiger partial charge in [-0.25, -0.2) is 0 Å². The van der Waals surface area contributed by atoms with Crippen molar-refractivity contribution in [2.75, 3.05) is 0 Å². The van der Waals surface area contributed by atoms with Gasteiger partial charge < -0.3 is 5.11 Å². The molecule has 0 bridgehead atoms. The molecule has 0 saturated carbocycles. The highest BCUT2D eigenvalue weighted by Gasteiger charge is 2.15. The first-order valence-electron chi connectivity index (χ1n) is 5.15. The highest BCUT2D eigenvalue weighted by molar-refractivity contribution is 9.11. The van der Waals surface area contributed by atoms with Gasteiger partial charge in [0, 0.05) is 15.1 Å². The third-order valence-electron chi connectivity index (χ3n) is 2.67. The fourth-order valence-electron chi connectivity index (χ4n) is 1.86. The van der Waals surface area contributed by atoms with E-state index in [2.05, 4.69) is 33.4 Å². The molecule has 0 aliphatic heterocycles. The molecular weight excluding hydrogens is 316 g/mol. The van der Waals surface area contributed by atoms with Crippen LogP contribution in [-0.2, 0) is 0 Å². The van der Waals surface area contributed by atoms with Crippen LogP contribution >= 0.6 is 38.6 Å². The maximum Gasteiger partial charge on any atom is 0.115 e. The zero-order valence-corrected chi connectivity index (χ0v) is 12.0. The van der Waals surface area contributed by atoms with Crippen LogP contribution in [-0.4, -0.2) is 5.11 Å². The molecule has 2 heterocycles. The van der Waals surface area contributed by atoms with Crippen LogP contribution in [0.25, 0.3) is 10.1 Å². The molecule has 0 aliphatic carbocycles. The third kappa shape index (κ3) is 2.06. The van der Waals surface area contributed by atoms with Crippen LogP contribution in [0.5, 0.6) is 0 Å². The van der Waals surface area contributed by atoms with Gasteiger partial charge in [0.15, 0.2) is 0 Å². The Bertz CT molecular complexity index is 656. The molecule has 0 spiro atoms. The molecule has 0 fully saturated rings. The van der Waals surface area contributed by atoms with Gasteiger partial charge in [0.1, 0.15) is 6.10 Å². The predicted octanol–water partition coefficient (Wildman–Crippen LogP) is 4.81. The summed E-state index contributed by atoms with van der Waals surface area (Å²) < 4.78 is 2.22. The van der Waals surface area contributed by atoms with E-state index in [1.165, 1.54) is 10.1 Å². The minimum atomic E-state index is -0.534. The summed E-state index contributed by atoms with van der Waals surface area (Å²) in [6.45, 7) is 0. The normalized spacial score (nSPS) is 13.1. The summed E-state index contributed by atoms with van der Waals surface area (Å²) in [5.41, 5.74) is 0.992. The highest BCUT2D eigenvalue weighted by Crippen LogP contribution is 2.36. The van der Waals surface area contributed by atoms with Gasteiger partial charge in [-0.1, -0.05) is 18.2 Å². The van der Waals surface area contributed by atoms with E-state index >= 15 is 0 Å². The Morgan fingerprint density at radius 2 is 2.00 bits per heavy atom. The SMILES string of the molecule is OC(c1ccc(Br)s1)c1cccc2ccsc12. The largest absolute Gasteiger partial charge is 0.383 e. The average molecular weight is 325 g/mol. The van der Waals surface area contributed by atoms with Gasteiger partial charge in [0.25, 0.3) is 0 Å². The van der Waals surface area contributed by atoms with Crippen molar-refractivity contribution < 1.29 is 5.11 Å². The Balaban J connectivity index is 2.12. The van der Waals surface area contributed by atoms with E-state index in [1.807, 2.05) is 24.3 Å². The molecule has 3 aromatic rings. The summed E-state index contributed by atoms with van der Waals surface area (Å²) >= 11 is 6.68. The molecule has 2 aromatic heterocycles. The lowest BCUT2D eigenvalue weighted by Crippen LogP contribution is -1.96. The van der Waals surface area contributed by atoms with Crippen molar-refractivity contribution in [3.63, 3.8) is 0 Å². The standard InChI is InChI=1S/C13H9BrOS2/c14-11-5-4-10(17-11)12(15)9-3-1-2-8-6-7-16-13(8)9/h1-7,12,15H. The van der Waals surface area contributed by atoms with E-state index in [0.717, 1.165) is 14.2 Å². The minimum Gasteiger partial charge on any atom is -0.383 e. The Kier molecular flexibility index (Phi) is 3.04. The molecule has 1 nitrogen and oxygen atoms in total. The number of halogens is 1. The second kappa shape index (κ2) is 4.53. The first-order valence-corrected chi connectivity index (χ1v) is 7.64. The van der Waals surface area contributed by atoms with Crippen molar-refractivity contribution >= 4 is 48.7 Å². The Labute approximate surface area is 115 Å². The van der Waals surface area contributed by atoms with E-state index < -0.39 is 6.10 Å². The zero-order chi connectivity index (χ0) is 11.8. The van der Waals surface area contributed by atoms with Gasteiger partial charge >= 0.3 is 0 Å². The van der Waals surface area contributed by atoms with Crippen LogP contribution in [0.1, 0.15) is 16.5 Å². The molecule has 86 valence electrons. The lowest BCUT2D eigenvalue weighted by Gasteiger charge is -2.09. The van der Waals surface area contributed by atoms with Crippen molar-refractivity contribution in [2.24, 2.45) is 0 Å². The quantitative estimate of drug-likeness (QED) is 0.717. The summed E-state index contributed by atoms with van der Waals surface area (Å²) in [7, 11) is 0. The molecule has 0 amide bonds. The van der Waals surface area contributed by atoms with Crippen molar-refractivity contribution in [1.82, 2.24) is 0 Å². The number of aliphatic hydroxyl groups is 1. The molecule has 0 saturated heterocycles. The van der Waals surface area contributed by atoms with Crippen LogP contribution in [0.2, 0.25) is 0 Å². The van der Waals surface area contributed by atoms with E-state index in [-0.39, 0.29) is 0 Å². The fraction of sp³-hybridized carbons (Fsp3) is 0.0769. The van der Waals surface area contributed by atoms with E-state index in [4.69, 9.17) is 0 Å². The first-order chi connectivity index (χ1) is 8.25. The van der Waals surface area contributed by atoms with Crippen LogP contribution in [0.4, 0.5) is 0 Å². The van der Waals surface area contributed by atoms with Gasteiger partial charge in [-0.05, 0) is 44.9 Å². The molecule has 3 rings (SSSR count). The smallest absolute Gasteiger partial charge is 0.115 e. The van der Waals surface area contributed by atoms with Crippen molar-refractivity contribution in [3.8, 4) is 0 Å². The summed E-state index contributed by atoms with van der Waals surface area (Å²) in [5.74, 6) is 0. The molecular formula is C13H9BrOS2. The number of thiophene rings is 2. The predicted molar refractivity (Wildman–Crippen MR) is 77.9 cm³/mol. The van der Waals surface area contributed by atoms with Crippen LogP contribution in [0.3, 0.4) is 0 Å². The molecule has 1 N–H and O–H groups in total. The van der Waals surface area contributed by atoms with Gasteiger partial charge in [0.2, 0.25) is 0 Å². The molecule has 4 heteroatoms. The van der Waals surface area contributed by atoms with Crippen molar-refractivity contribution in [1.29, 1.82) is 0 Å². The number of hydrogen-bond acceptors (Lipinski definition) is 3. The molecule has 1 aromatic carbocycles. The minimum absolute atomic E-state index is 0.534. The molecule has 1 unspecified atom stereocenters. The number of benzene rings is 1. The van der Waals surface area contributed by atoms with Crippen LogP contribution < -0.4 is 0 Å². The Hall–Kier alpha value is -0.680. The highest BCUT2D eigenvalue weighted by atomic mass is 79.9.